The Morgan fingerprint density at radius 2 is 2.38 bits per heavy atom. The first-order valence-corrected chi connectivity index (χ1v) is 6.36. The highest BCUT2D eigenvalue weighted by molar-refractivity contribution is 7.16. The predicted octanol–water partition coefficient (Wildman–Crippen LogP) is 2.83. The van der Waals surface area contributed by atoms with Crippen LogP contribution < -0.4 is 5.32 Å². The van der Waals surface area contributed by atoms with Crippen LogP contribution in [0.25, 0.3) is 0 Å². The number of nitrogens with zero attached hydrogens (tertiary/aromatic N) is 2. The van der Waals surface area contributed by atoms with Gasteiger partial charge in [-0.25, -0.2) is 4.98 Å². The van der Waals surface area contributed by atoms with E-state index in [1.807, 2.05) is 30.2 Å². The lowest BCUT2D eigenvalue weighted by atomic mass is 10.2. The second-order valence-corrected chi connectivity index (χ2v) is 5.34. The van der Waals surface area contributed by atoms with Crippen molar-refractivity contribution in [2.75, 3.05) is 6.54 Å². The molecule has 0 aliphatic carbocycles. The second-order valence-electron chi connectivity index (χ2n) is 3.60. The van der Waals surface area contributed by atoms with Crippen LogP contribution in [0.5, 0.6) is 0 Å². The lowest BCUT2D eigenvalue weighted by molar-refractivity contribution is 0.626. The molecular weight excluding hydrogens is 242 g/mol. The van der Waals surface area contributed by atoms with Crippen molar-refractivity contribution >= 4 is 22.9 Å². The highest BCUT2D eigenvalue weighted by atomic mass is 35.5. The maximum atomic E-state index is 5.96. The third-order valence-electron chi connectivity index (χ3n) is 2.31. The van der Waals surface area contributed by atoms with Gasteiger partial charge in [0.15, 0.2) is 0 Å². The topological polar surface area (TPSA) is 29.9 Å². The van der Waals surface area contributed by atoms with Crippen LogP contribution in [0.2, 0.25) is 4.34 Å². The van der Waals surface area contributed by atoms with Gasteiger partial charge in [-0.1, -0.05) is 18.5 Å². The van der Waals surface area contributed by atoms with Gasteiger partial charge in [-0.15, -0.1) is 11.3 Å². The van der Waals surface area contributed by atoms with Crippen molar-refractivity contribution in [1.29, 1.82) is 0 Å². The number of hydrogen-bond acceptors (Lipinski definition) is 3. The third-order valence-corrected chi connectivity index (χ3v) is 3.60. The smallest absolute Gasteiger partial charge is 0.0947 e. The molecule has 0 fully saturated rings. The normalized spacial score (nSPS) is 12.9. The van der Waals surface area contributed by atoms with Crippen LogP contribution in [0.4, 0.5) is 0 Å². The Kier molecular flexibility index (Phi) is 3.63. The Morgan fingerprint density at radius 1 is 1.56 bits per heavy atom. The summed E-state index contributed by atoms with van der Waals surface area (Å²) >= 11 is 7.56. The van der Waals surface area contributed by atoms with E-state index in [1.54, 1.807) is 11.3 Å². The minimum Gasteiger partial charge on any atom is -0.340 e. The molecule has 0 saturated carbocycles. The third kappa shape index (κ3) is 2.45. The SMILES string of the molecule is CCNC(c1cn(C)cn1)c1ccc(Cl)s1. The second kappa shape index (κ2) is 4.99. The molecule has 2 aromatic heterocycles. The largest absolute Gasteiger partial charge is 0.340 e. The van der Waals surface area contributed by atoms with Gasteiger partial charge in [-0.05, 0) is 18.7 Å². The number of aryl methyl sites for hydroxylation is 1. The number of nitrogens with one attached hydrogen (secondary N) is 1. The molecule has 0 radical (unpaired) electrons. The number of rotatable bonds is 4. The van der Waals surface area contributed by atoms with E-state index in [0.29, 0.717) is 0 Å². The van der Waals surface area contributed by atoms with Crippen molar-refractivity contribution in [3.63, 3.8) is 0 Å². The molecule has 0 spiro atoms. The number of aromatic nitrogens is 2. The van der Waals surface area contributed by atoms with Crippen molar-refractivity contribution in [2.45, 2.75) is 13.0 Å². The van der Waals surface area contributed by atoms with Crippen LogP contribution in [0.15, 0.2) is 24.7 Å². The van der Waals surface area contributed by atoms with Crippen molar-refractivity contribution < 1.29 is 0 Å². The van der Waals surface area contributed by atoms with E-state index in [9.17, 15) is 0 Å². The fourth-order valence-corrected chi connectivity index (χ4v) is 2.77. The molecule has 1 unspecified atom stereocenters. The molecule has 1 N–H and O–H groups in total. The highest BCUT2D eigenvalue weighted by Crippen LogP contribution is 2.30. The number of imidazole rings is 1. The van der Waals surface area contributed by atoms with Crippen LogP contribution in [-0.2, 0) is 7.05 Å². The minimum absolute atomic E-state index is 0.142. The van der Waals surface area contributed by atoms with Gasteiger partial charge in [-0.2, -0.15) is 0 Å². The van der Waals surface area contributed by atoms with Crippen molar-refractivity contribution in [3.8, 4) is 0 Å². The Hall–Kier alpha value is -0.840. The monoisotopic (exact) mass is 255 g/mol. The predicted molar refractivity (Wildman–Crippen MR) is 68.1 cm³/mol. The van der Waals surface area contributed by atoms with Crippen LogP contribution in [-0.4, -0.2) is 16.1 Å². The molecule has 0 bridgehead atoms. The molecule has 16 heavy (non-hydrogen) atoms. The fraction of sp³-hybridized carbons (Fsp3) is 0.364. The first-order valence-electron chi connectivity index (χ1n) is 5.17. The quantitative estimate of drug-likeness (QED) is 0.911. The molecule has 0 saturated heterocycles. The summed E-state index contributed by atoms with van der Waals surface area (Å²) in [6.45, 7) is 2.99. The van der Waals surface area contributed by atoms with E-state index in [2.05, 4.69) is 23.3 Å². The fourth-order valence-electron chi connectivity index (χ4n) is 1.62. The molecule has 0 amide bonds. The average Bonchev–Trinajstić information content (AvgIpc) is 2.84. The van der Waals surface area contributed by atoms with Gasteiger partial charge in [0.1, 0.15) is 0 Å². The van der Waals surface area contributed by atoms with Gasteiger partial charge < -0.3 is 9.88 Å². The maximum Gasteiger partial charge on any atom is 0.0947 e. The van der Waals surface area contributed by atoms with Crippen molar-refractivity contribution in [1.82, 2.24) is 14.9 Å². The first-order chi connectivity index (χ1) is 7.70. The molecule has 2 aromatic rings. The summed E-state index contributed by atoms with van der Waals surface area (Å²) in [6.07, 6.45) is 3.84. The molecule has 0 aromatic carbocycles. The van der Waals surface area contributed by atoms with Crippen LogP contribution >= 0.6 is 22.9 Å². The number of thiophene rings is 1. The van der Waals surface area contributed by atoms with Gasteiger partial charge in [0, 0.05) is 18.1 Å². The van der Waals surface area contributed by atoms with Crippen molar-refractivity contribution in [2.24, 2.45) is 7.05 Å². The summed E-state index contributed by atoms with van der Waals surface area (Å²) < 4.78 is 2.77. The van der Waals surface area contributed by atoms with Gasteiger partial charge in [-0.3, -0.25) is 0 Å². The number of hydrogen-bond donors (Lipinski definition) is 1. The Labute approximate surface area is 104 Å². The standard InChI is InChI=1S/C11H14ClN3S/c1-3-13-11(8-6-15(2)7-14-8)9-4-5-10(12)16-9/h4-7,11,13H,3H2,1-2H3. The highest BCUT2D eigenvalue weighted by Gasteiger charge is 2.17. The van der Waals surface area contributed by atoms with Crippen LogP contribution in [0, 0.1) is 0 Å². The van der Waals surface area contributed by atoms with E-state index in [0.717, 1.165) is 16.6 Å². The van der Waals surface area contributed by atoms with Gasteiger partial charge >= 0.3 is 0 Å². The zero-order valence-corrected chi connectivity index (χ0v) is 10.8. The molecule has 2 rings (SSSR count). The molecule has 1 atom stereocenters. The van der Waals surface area contributed by atoms with E-state index < -0.39 is 0 Å². The molecule has 0 aliphatic rings. The van der Waals surface area contributed by atoms with Gasteiger partial charge in [0.25, 0.3) is 0 Å². The maximum absolute atomic E-state index is 5.96. The summed E-state index contributed by atoms with van der Waals surface area (Å²) in [6, 6.07) is 4.12. The van der Waals surface area contributed by atoms with Crippen molar-refractivity contribution in [3.05, 3.63) is 39.6 Å². The lowest BCUT2D eigenvalue weighted by Gasteiger charge is -2.13. The molecule has 3 nitrogen and oxygen atoms in total. The summed E-state index contributed by atoms with van der Waals surface area (Å²) in [5, 5.41) is 3.42. The Morgan fingerprint density at radius 3 is 2.88 bits per heavy atom. The van der Waals surface area contributed by atoms with E-state index in [-0.39, 0.29) is 6.04 Å². The summed E-state index contributed by atoms with van der Waals surface area (Å²) in [7, 11) is 1.97. The number of halogens is 1. The molecule has 0 aliphatic heterocycles. The summed E-state index contributed by atoms with van der Waals surface area (Å²) in [5.41, 5.74) is 1.03. The Bertz CT molecular complexity index is 423. The molecular formula is C11H14ClN3S. The first kappa shape index (κ1) is 11.6. The van der Waals surface area contributed by atoms with E-state index >= 15 is 0 Å². The Balaban J connectivity index is 2.30. The van der Waals surface area contributed by atoms with Crippen LogP contribution in [0.1, 0.15) is 23.5 Å². The lowest BCUT2D eigenvalue weighted by Crippen LogP contribution is -2.21. The van der Waals surface area contributed by atoms with E-state index in [1.165, 1.54) is 4.88 Å². The average molecular weight is 256 g/mol. The molecule has 86 valence electrons. The van der Waals surface area contributed by atoms with Crippen LogP contribution in [0.3, 0.4) is 0 Å². The molecule has 5 heteroatoms. The van der Waals surface area contributed by atoms with E-state index in [4.69, 9.17) is 11.6 Å². The summed E-state index contributed by atoms with van der Waals surface area (Å²) in [4.78, 5) is 5.58. The zero-order chi connectivity index (χ0) is 11.5. The van der Waals surface area contributed by atoms with Gasteiger partial charge in [0.05, 0.1) is 22.4 Å². The zero-order valence-electron chi connectivity index (χ0n) is 9.27. The molecule has 2 heterocycles. The summed E-state index contributed by atoms with van der Waals surface area (Å²) in [5.74, 6) is 0. The van der Waals surface area contributed by atoms with Gasteiger partial charge in [0.2, 0.25) is 0 Å². The minimum atomic E-state index is 0.142.